The average molecular weight is 475 g/mol. The predicted molar refractivity (Wildman–Crippen MR) is 137 cm³/mol. The topological polar surface area (TPSA) is 61.8 Å². The highest BCUT2D eigenvalue weighted by atomic mass is 16.5. The molecule has 0 spiro atoms. The van der Waals surface area contributed by atoms with Crippen molar-refractivity contribution in [1.29, 1.82) is 0 Å². The molecule has 0 atom stereocenters. The molecular weight excluding hydrogens is 440 g/mol. The number of benzene rings is 3. The van der Waals surface area contributed by atoms with Crippen molar-refractivity contribution in [2.24, 2.45) is 0 Å². The van der Waals surface area contributed by atoms with Gasteiger partial charge >= 0.3 is 11.9 Å². The Bertz CT molecular complexity index is 1040. The van der Waals surface area contributed by atoms with Crippen molar-refractivity contribution in [2.75, 3.05) is 13.2 Å². The van der Waals surface area contributed by atoms with Crippen molar-refractivity contribution in [2.45, 2.75) is 51.9 Å². The van der Waals surface area contributed by atoms with Crippen LogP contribution in [0.4, 0.5) is 0 Å². The number of rotatable bonds is 14. The molecule has 3 rings (SSSR count). The average Bonchev–Trinajstić information content (AvgIpc) is 2.89. The second-order valence-electron chi connectivity index (χ2n) is 8.43. The van der Waals surface area contributed by atoms with Crippen LogP contribution in [0.3, 0.4) is 0 Å². The second-order valence-corrected chi connectivity index (χ2v) is 8.43. The summed E-state index contributed by atoms with van der Waals surface area (Å²) in [7, 11) is 0. The van der Waals surface area contributed by atoms with E-state index in [2.05, 4.69) is 19.1 Å². The number of carbonyl (C=O) groups is 2. The van der Waals surface area contributed by atoms with E-state index in [-0.39, 0.29) is 0 Å². The van der Waals surface area contributed by atoms with E-state index in [0.29, 0.717) is 30.1 Å². The van der Waals surface area contributed by atoms with E-state index in [0.717, 1.165) is 25.0 Å². The number of ether oxygens (including phenoxy) is 3. The molecule has 0 saturated carbocycles. The first kappa shape index (κ1) is 26.0. The molecule has 0 aliphatic rings. The zero-order valence-electron chi connectivity index (χ0n) is 20.4. The summed E-state index contributed by atoms with van der Waals surface area (Å²) in [5.41, 5.74) is 1.96. The van der Waals surface area contributed by atoms with Crippen LogP contribution in [0.5, 0.6) is 11.5 Å². The summed E-state index contributed by atoms with van der Waals surface area (Å²) in [6.45, 7) is 3.19. The molecule has 5 nitrogen and oxygen atoms in total. The molecule has 35 heavy (non-hydrogen) atoms. The summed E-state index contributed by atoms with van der Waals surface area (Å²) in [6.07, 6.45) is 7.49. The highest BCUT2D eigenvalue weighted by molar-refractivity contribution is 5.92. The Hall–Kier alpha value is -3.60. The van der Waals surface area contributed by atoms with E-state index in [4.69, 9.17) is 14.2 Å². The summed E-state index contributed by atoms with van der Waals surface area (Å²) >= 11 is 0. The van der Waals surface area contributed by atoms with Gasteiger partial charge in [0.2, 0.25) is 0 Å². The van der Waals surface area contributed by atoms with Gasteiger partial charge in [-0.05, 0) is 67.3 Å². The third-order valence-corrected chi connectivity index (χ3v) is 5.57. The van der Waals surface area contributed by atoms with Crippen LogP contribution in [-0.4, -0.2) is 25.2 Å². The van der Waals surface area contributed by atoms with E-state index in [1.165, 1.54) is 37.3 Å². The van der Waals surface area contributed by atoms with Crippen molar-refractivity contribution in [3.05, 3.63) is 95.6 Å². The molecule has 0 aromatic heterocycles. The van der Waals surface area contributed by atoms with Crippen molar-refractivity contribution in [1.82, 2.24) is 0 Å². The van der Waals surface area contributed by atoms with Crippen LogP contribution >= 0.6 is 0 Å². The van der Waals surface area contributed by atoms with E-state index in [1.54, 1.807) is 42.5 Å². The third kappa shape index (κ3) is 9.28. The van der Waals surface area contributed by atoms with Gasteiger partial charge in [0.25, 0.3) is 0 Å². The summed E-state index contributed by atoms with van der Waals surface area (Å²) in [5.74, 6) is 0.0897. The van der Waals surface area contributed by atoms with Gasteiger partial charge in [-0.2, -0.15) is 0 Å². The largest absolute Gasteiger partial charge is 0.494 e. The molecule has 184 valence electrons. The number of carbonyl (C=O) groups excluding carboxylic acids is 2. The van der Waals surface area contributed by atoms with Gasteiger partial charge in [0, 0.05) is 0 Å². The minimum atomic E-state index is -0.496. The molecule has 0 saturated heterocycles. The number of hydrogen-bond donors (Lipinski definition) is 0. The Balaban J connectivity index is 1.43. The number of hydrogen-bond acceptors (Lipinski definition) is 5. The van der Waals surface area contributed by atoms with Crippen LogP contribution in [0.25, 0.3) is 0 Å². The van der Waals surface area contributed by atoms with Gasteiger partial charge in [-0.15, -0.1) is 0 Å². The molecule has 0 radical (unpaired) electrons. The van der Waals surface area contributed by atoms with E-state index >= 15 is 0 Å². The Kier molecular flexibility index (Phi) is 10.9. The Morgan fingerprint density at radius 2 is 1.43 bits per heavy atom. The maximum absolute atomic E-state index is 12.5. The first-order valence-electron chi connectivity index (χ1n) is 12.4. The molecule has 0 N–H and O–H groups in total. The van der Waals surface area contributed by atoms with Gasteiger partial charge in [0.05, 0.1) is 24.3 Å². The van der Waals surface area contributed by atoms with Crippen LogP contribution in [0.2, 0.25) is 0 Å². The Labute approximate surface area is 208 Å². The van der Waals surface area contributed by atoms with Crippen molar-refractivity contribution >= 4 is 11.9 Å². The number of unbranched alkanes of at least 4 members (excludes halogenated alkanes) is 4. The second kappa shape index (κ2) is 14.6. The Morgan fingerprint density at radius 3 is 2.20 bits per heavy atom. The van der Waals surface area contributed by atoms with E-state index < -0.39 is 11.9 Å². The molecule has 0 bridgehead atoms. The van der Waals surface area contributed by atoms with E-state index in [9.17, 15) is 9.59 Å². The van der Waals surface area contributed by atoms with Crippen molar-refractivity contribution in [3.63, 3.8) is 0 Å². The van der Waals surface area contributed by atoms with Crippen LogP contribution in [0.1, 0.15) is 71.7 Å². The van der Waals surface area contributed by atoms with Gasteiger partial charge in [0.1, 0.15) is 11.5 Å². The van der Waals surface area contributed by atoms with Gasteiger partial charge in [-0.25, -0.2) is 9.59 Å². The van der Waals surface area contributed by atoms with Gasteiger partial charge < -0.3 is 14.2 Å². The molecule has 0 aliphatic carbocycles. The third-order valence-electron chi connectivity index (χ3n) is 5.57. The van der Waals surface area contributed by atoms with Crippen molar-refractivity contribution < 1.29 is 23.8 Å². The zero-order valence-corrected chi connectivity index (χ0v) is 20.4. The lowest BCUT2D eigenvalue weighted by atomic mass is 10.1. The van der Waals surface area contributed by atoms with Crippen molar-refractivity contribution in [3.8, 4) is 11.5 Å². The molecule has 3 aromatic carbocycles. The molecule has 0 amide bonds. The highest BCUT2D eigenvalue weighted by Gasteiger charge is 2.12. The standard InChI is InChI=1S/C30H34O5/c1-2-3-4-5-9-21-33-27-19-17-25(18-20-27)30(32)35-28-16-10-15-26(23-28)29(31)34-22-11-14-24-12-7-6-8-13-24/h6-8,10,12-13,15-20,23H,2-5,9,11,14,21-22H2,1H3. The molecule has 3 aromatic rings. The quantitative estimate of drug-likeness (QED) is 0.142. The summed E-state index contributed by atoms with van der Waals surface area (Å²) in [5, 5.41) is 0. The SMILES string of the molecule is CCCCCCCOc1ccc(C(=O)Oc2cccc(C(=O)OCCCc3ccccc3)c2)cc1. The number of aryl methyl sites for hydroxylation is 1. The van der Waals surface area contributed by atoms with Gasteiger partial charge in [0.15, 0.2) is 0 Å². The van der Waals surface area contributed by atoms with E-state index in [1.807, 2.05) is 18.2 Å². The first-order valence-corrected chi connectivity index (χ1v) is 12.4. The minimum absolute atomic E-state index is 0.293. The van der Waals surface area contributed by atoms with Crippen LogP contribution in [0, 0.1) is 0 Å². The van der Waals surface area contributed by atoms with Gasteiger partial charge in [-0.1, -0.05) is 69.0 Å². The maximum atomic E-state index is 12.5. The molecular formula is C30H34O5. The molecule has 0 aliphatic heterocycles. The number of esters is 2. The van der Waals surface area contributed by atoms with Gasteiger partial charge in [-0.3, -0.25) is 0 Å². The predicted octanol–water partition coefficient (Wildman–Crippen LogP) is 7.04. The minimum Gasteiger partial charge on any atom is -0.494 e. The van der Waals surface area contributed by atoms with Crippen LogP contribution < -0.4 is 9.47 Å². The lowest BCUT2D eigenvalue weighted by Gasteiger charge is -2.09. The zero-order chi connectivity index (χ0) is 24.7. The lowest BCUT2D eigenvalue weighted by Crippen LogP contribution is -2.10. The fourth-order valence-electron chi connectivity index (χ4n) is 3.60. The highest BCUT2D eigenvalue weighted by Crippen LogP contribution is 2.18. The summed E-state index contributed by atoms with van der Waals surface area (Å²) in [4.78, 5) is 24.9. The molecule has 0 heterocycles. The normalized spacial score (nSPS) is 10.5. The maximum Gasteiger partial charge on any atom is 0.343 e. The molecule has 0 fully saturated rings. The van der Waals surface area contributed by atoms with Crippen LogP contribution in [-0.2, 0) is 11.2 Å². The first-order chi connectivity index (χ1) is 17.2. The fourth-order valence-corrected chi connectivity index (χ4v) is 3.60. The molecule has 5 heteroatoms. The monoisotopic (exact) mass is 474 g/mol. The fraction of sp³-hybridized carbons (Fsp3) is 0.333. The lowest BCUT2D eigenvalue weighted by molar-refractivity contribution is 0.0498. The summed E-state index contributed by atoms with van der Waals surface area (Å²) < 4.78 is 16.6. The van der Waals surface area contributed by atoms with Crippen LogP contribution in [0.15, 0.2) is 78.9 Å². The smallest absolute Gasteiger partial charge is 0.343 e. The summed E-state index contributed by atoms with van der Waals surface area (Å²) in [6, 6.07) is 23.4. The molecule has 0 unspecified atom stereocenters. The Morgan fingerprint density at radius 1 is 0.657 bits per heavy atom.